The Morgan fingerprint density at radius 3 is 2.62 bits per heavy atom. The van der Waals surface area contributed by atoms with Crippen molar-refractivity contribution in [3.8, 4) is 10.6 Å². The fourth-order valence-corrected chi connectivity index (χ4v) is 3.17. The highest BCUT2D eigenvalue weighted by atomic mass is 32.1. The number of hydrogen-bond donors (Lipinski definition) is 0. The number of carbonyl (C=O) groups is 1. The summed E-state index contributed by atoms with van der Waals surface area (Å²) in [6.07, 6.45) is 3.40. The molecule has 2 aromatic heterocycles. The van der Waals surface area contributed by atoms with Gasteiger partial charge in [0.2, 0.25) is 0 Å². The van der Waals surface area contributed by atoms with Crippen LogP contribution in [0.15, 0.2) is 54.2 Å². The van der Waals surface area contributed by atoms with Crippen LogP contribution >= 0.6 is 11.3 Å². The number of pyridine rings is 1. The Balaban J connectivity index is 1.82. The van der Waals surface area contributed by atoms with Crippen molar-refractivity contribution >= 4 is 17.2 Å². The van der Waals surface area contributed by atoms with E-state index >= 15 is 0 Å². The number of carbonyl (C=O) groups excluding carboxylic acids is 1. The quantitative estimate of drug-likeness (QED) is 0.715. The van der Waals surface area contributed by atoms with Crippen molar-refractivity contribution in [2.45, 2.75) is 13.0 Å². The summed E-state index contributed by atoms with van der Waals surface area (Å²) in [6, 6.07) is 10.1. The second-order valence-electron chi connectivity index (χ2n) is 5.39. The molecule has 0 saturated heterocycles. The summed E-state index contributed by atoms with van der Waals surface area (Å²) in [4.78, 5) is 22.6. The van der Waals surface area contributed by atoms with E-state index in [4.69, 9.17) is 0 Å². The predicted molar refractivity (Wildman–Crippen MR) is 92.3 cm³/mol. The maximum Gasteiger partial charge on any atom is 0.273 e. The van der Waals surface area contributed by atoms with Crippen LogP contribution in [0.2, 0.25) is 0 Å². The zero-order valence-electron chi connectivity index (χ0n) is 13.3. The summed E-state index contributed by atoms with van der Waals surface area (Å²) >= 11 is 1.26. The molecular weight excluding hydrogens is 325 g/mol. The molecule has 0 aliphatic heterocycles. The van der Waals surface area contributed by atoms with Gasteiger partial charge in [0.05, 0.1) is 6.04 Å². The van der Waals surface area contributed by atoms with Gasteiger partial charge in [0.15, 0.2) is 0 Å². The van der Waals surface area contributed by atoms with Gasteiger partial charge in [-0.15, -0.1) is 11.3 Å². The van der Waals surface area contributed by atoms with E-state index in [0.29, 0.717) is 16.3 Å². The molecular formula is C18H16FN3OS. The molecule has 6 heteroatoms. The zero-order valence-corrected chi connectivity index (χ0v) is 14.1. The monoisotopic (exact) mass is 341 g/mol. The van der Waals surface area contributed by atoms with E-state index < -0.39 is 0 Å². The van der Waals surface area contributed by atoms with Crippen molar-refractivity contribution < 1.29 is 9.18 Å². The third-order valence-corrected chi connectivity index (χ3v) is 4.79. The van der Waals surface area contributed by atoms with Crippen LogP contribution < -0.4 is 0 Å². The number of nitrogens with zero attached hydrogens (tertiary/aromatic N) is 3. The molecule has 0 fully saturated rings. The predicted octanol–water partition coefficient (Wildman–Crippen LogP) is 4.18. The molecule has 0 bridgehead atoms. The first-order valence-electron chi connectivity index (χ1n) is 7.45. The maximum absolute atomic E-state index is 13.9. The Kier molecular flexibility index (Phi) is 4.66. The highest BCUT2D eigenvalue weighted by Gasteiger charge is 2.22. The smallest absolute Gasteiger partial charge is 0.273 e. The fraction of sp³-hybridized carbons (Fsp3) is 0.167. The molecule has 0 unspecified atom stereocenters. The first-order chi connectivity index (χ1) is 11.6. The number of thiazole rings is 1. The summed E-state index contributed by atoms with van der Waals surface area (Å²) in [5.41, 5.74) is 1.72. The second kappa shape index (κ2) is 6.88. The van der Waals surface area contributed by atoms with E-state index in [0.717, 1.165) is 5.56 Å². The summed E-state index contributed by atoms with van der Waals surface area (Å²) in [7, 11) is 1.73. The van der Waals surface area contributed by atoms with Gasteiger partial charge in [-0.25, -0.2) is 9.37 Å². The molecule has 122 valence electrons. The van der Waals surface area contributed by atoms with Gasteiger partial charge in [0.25, 0.3) is 5.91 Å². The Hall–Kier alpha value is -2.60. The molecule has 24 heavy (non-hydrogen) atoms. The van der Waals surface area contributed by atoms with Crippen LogP contribution in [0.5, 0.6) is 0 Å². The van der Waals surface area contributed by atoms with Crippen LogP contribution in [0.1, 0.15) is 29.0 Å². The zero-order chi connectivity index (χ0) is 17.1. The molecule has 3 rings (SSSR count). The van der Waals surface area contributed by atoms with Crippen LogP contribution in [0.25, 0.3) is 10.6 Å². The normalized spacial score (nSPS) is 12.0. The molecule has 0 radical (unpaired) electrons. The molecule has 0 aliphatic rings. The molecule has 0 spiro atoms. The van der Waals surface area contributed by atoms with E-state index in [1.807, 2.05) is 19.1 Å². The highest BCUT2D eigenvalue weighted by Crippen LogP contribution is 2.27. The van der Waals surface area contributed by atoms with E-state index in [-0.39, 0.29) is 17.8 Å². The van der Waals surface area contributed by atoms with Gasteiger partial charge in [0, 0.05) is 30.4 Å². The van der Waals surface area contributed by atoms with Crippen LogP contribution in [0.3, 0.4) is 0 Å². The third-order valence-electron chi connectivity index (χ3n) is 3.92. The number of aromatic nitrogens is 2. The second-order valence-corrected chi connectivity index (χ2v) is 6.25. The Bertz CT molecular complexity index is 850. The first-order valence-corrected chi connectivity index (χ1v) is 8.33. The lowest BCUT2D eigenvalue weighted by Gasteiger charge is -2.24. The first kappa shape index (κ1) is 16.3. The van der Waals surface area contributed by atoms with E-state index in [2.05, 4.69) is 9.97 Å². The molecule has 0 saturated carbocycles. The summed E-state index contributed by atoms with van der Waals surface area (Å²) in [5, 5.41) is 2.17. The van der Waals surface area contributed by atoms with Crippen LogP contribution in [-0.2, 0) is 0 Å². The minimum atomic E-state index is -0.343. The van der Waals surface area contributed by atoms with Crippen molar-refractivity contribution in [1.29, 1.82) is 0 Å². The minimum absolute atomic E-state index is 0.112. The van der Waals surface area contributed by atoms with Crippen molar-refractivity contribution in [1.82, 2.24) is 14.9 Å². The molecule has 1 aromatic carbocycles. The topological polar surface area (TPSA) is 46.1 Å². The van der Waals surface area contributed by atoms with Crippen molar-refractivity contribution in [2.24, 2.45) is 0 Å². The molecule has 0 aliphatic carbocycles. The lowest BCUT2D eigenvalue weighted by Crippen LogP contribution is -2.29. The summed E-state index contributed by atoms with van der Waals surface area (Å²) in [5.74, 6) is -0.539. The molecule has 2 heterocycles. The fourth-order valence-electron chi connectivity index (χ4n) is 2.35. The number of halogens is 1. The SMILES string of the molecule is C[C@@H](c1ccncc1)N(C)C(=O)c1csc(-c2ccccc2F)n1. The number of benzene rings is 1. The van der Waals surface area contributed by atoms with Crippen LogP contribution in [0.4, 0.5) is 4.39 Å². The average Bonchev–Trinajstić information content (AvgIpc) is 3.11. The molecule has 1 amide bonds. The van der Waals surface area contributed by atoms with Crippen LogP contribution in [-0.4, -0.2) is 27.8 Å². The molecule has 4 nitrogen and oxygen atoms in total. The number of amides is 1. The number of rotatable bonds is 4. The van der Waals surface area contributed by atoms with Crippen molar-refractivity contribution in [3.05, 3.63) is 71.2 Å². The average molecular weight is 341 g/mol. The van der Waals surface area contributed by atoms with E-state index in [1.165, 1.54) is 17.4 Å². The molecule has 0 N–H and O–H groups in total. The van der Waals surface area contributed by atoms with Gasteiger partial charge >= 0.3 is 0 Å². The molecule has 3 aromatic rings. The van der Waals surface area contributed by atoms with Gasteiger partial charge in [-0.2, -0.15) is 0 Å². The van der Waals surface area contributed by atoms with Gasteiger partial charge in [-0.3, -0.25) is 9.78 Å². The van der Waals surface area contributed by atoms with Gasteiger partial charge < -0.3 is 4.90 Å². The van der Waals surface area contributed by atoms with Gasteiger partial charge in [-0.05, 0) is 36.8 Å². The van der Waals surface area contributed by atoms with Crippen LogP contribution in [0, 0.1) is 5.82 Å². The lowest BCUT2D eigenvalue weighted by atomic mass is 10.1. The highest BCUT2D eigenvalue weighted by molar-refractivity contribution is 7.13. The van der Waals surface area contributed by atoms with Gasteiger partial charge in [-0.1, -0.05) is 12.1 Å². The van der Waals surface area contributed by atoms with Gasteiger partial charge in [0.1, 0.15) is 16.5 Å². The van der Waals surface area contributed by atoms with E-state index in [9.17, 15) is 9.18 Å². The number of hydrogen-bond acceptors (Lipinski definition) is 4. The van der Waals surface area contributed by atoms with Crippen molar-refractivity contribution in [2.75, 3.05) is 7.05 Å². The Morgan fingerprint density at radius 1 is 1.21 bits per heavy atom. The lowest BCUT2D eigenvalue weighted by molar-refractivity contribution is 0.0737. The standard InChI is InChI=1S/C18H16FN3OS/c1-12(13-7-9-20-10-8-13)22(2)18(23)16-11-24-17(21-16)14-5-3-4-6-15(14)19/h3-12H,1-2H3/t12-/m0/s1. The largest absolute Gasteiger partial charge is 0.334 e. The summed E-state index contributed by atoms with van der Waals surface area (Å²) in [6.45, 7) is 1.94. The third kappa shape index (κ3) is 3.19. The minimum Gasteiger partial charge on any atom is -0.334 e. The summed E-state index contributed by atoms with van der Waals surface area (Å²) < 4.78 is 13.9. The molecule has 1 atom stereocenters. The Labute approximate surface area is 143 Å². The Morgan fingerprint density at radius 2 is 1.92 bits per heavy atom. The van der Waals surface area contributed by atoms with E-state index in [1.54, 1.807) is 47.9 Å². The van der Waals surface area contributed by atoms with Crippen molar-refractivity contribution in [3.63, 3.8) is 0 Å². The maximum atomic E-state index is 13.9.